The number of amides is 2. The number of likely N-dealkylation sites (tertiary alicyclic amines) is 2. The molecule has 11 nitrogen and oxygen atoms in total. The molecule has 3 aromatic rings. The molecule has 5 rings (SSSR count). The number of anilines is 1. The van der Waals surface area contributed by atoms with Crippen molar-refractivity contribution in [3.8, 4) is 17.1 Å². The lowest BCUT2D eigenvalue weighted by molar-refractivity contribution is -0.216. The van der Waals surface area contributed by atoms with Crippen molar-refractivity contribution in [3.63, 3.8) is 0 Å². The van der Waals surface area contributed by atoms with Gasteiger partial charge in [0.1, 0.15) is 29.0 Å². The number of nitrogens with one attached hydrogen (secondary N) is 1. The second-order valence-corrected chi connectivity index (χ2v) is 11.2. The van der Waals surface area contributed by atoms with Gasteiger partial charge in [-0.1, -0.05) is 0 Å². The second-order valence-electron chi connectivity index (χ2n) is 11.2. The fourth-order valence-electron chi connectivity index (χ4n) is 5.18. The van der Waals surface area contributed by atoms with Crippen LogP contribution < -0.4 is 15.8 Å². The van der Waals surface area contributed by atoms with E-state index in [1.54, 1.807) is 6.07 Å². The van der Waals surface area contributed by atoms with Crippen LogP contribution >= 0.6 is 0 Å². The first-order valence-electron chi connectivity index (χ1n) is 13.1. The van der Waals surface area contributed by atoms with Gasteiger partial charge in [0.05, 0.1) is 38.5 Å². The molecule has 0 aromatic carbocycles. The van der Waals surface area contributed by atoms with Crippen LogP contribution in [0.2, 0.25) is 0 Å². The van der Waals surface area contributed by atoms with Crippen LogP contribution in [0.3, 0.4) is 0 Å². The number of nitrogens with zero attached hydrogens (tertiary/aromatic N) is 6. The van der Waals surface area contributed by atoms with Gasteiger partial charge in [-0.05, 0) is 31.5 Å². The van der Waals surface area contributed by atoms with E-state index in [0.29, 0.717) is 36.2 Å². The van der Waals surface area contributed by atoms with E-state index < -0.39 is 67.7 Å². The highest BCUT2D eigenvalue weighted by Gasteiger charge is 2.56. The molecule has 5 heterocycles. The van der Waals surface area contributed by atoms with E-state index in [1.807, 2.05) is 0 Å². The Balaban J connectivity index is 1.41. The van der Waals surface area contributed by atoms with Crippen molar-refractivity contribution >= 4 is 23.1 Å². The van der Waals surface area contributed by atoms with Gasteiger partial charge in [0.25, 0.3) is 11.8 Å². The number of nitrogen functional groups attached to an aromatic ring is 1. The molecule has 2 amide bonds. The highest BCUT2D eigenvalue weighted by Crippen LogP contribution is 2.40. The van der Waals surface area contributed by atoms with Gasteiger partial charge in [-0.25, -0.2) is 27.7 Å². The smallest absolute Gasteiger partial charge is 0.402 e. The van der Waals surface area contributed by atoms with Gasteiger partial charge in [0.2, 0.25) is 11.8 Å². The third kappa shape index (κ3) is 5.52. The molecule has 0 saturated carbocycles. The van der Waals surface area contributed by atoms with Crippen LogP contribution in [0.5, 0.6) is 5.88 Å². The van der Waals surface area contributed by atoms with Crippen LogP contribution in [-0.4, -0.2) is 98.8 Å². The Morgan fingerprint density at radius 2 is 1.86 bits per heavy atom. The van der Waals surface area contributed by atoms with Crippen molar-refractivity contribution < 1.29 is 40.7 Å². The molecule has 0 bridgehead atoms. The SMILES string of the molecule is COc1ncc(-c2cc(CN3CC(F)(F)C3)c3c(N)ncnn23)cc1C(=O)N[C@@H]1CN(C(=O)C(C)(C)C(F)(F)F)C[C@@H]1F. The molecular formula is C26H28F6N8O3. The predicted octanol–water partition coefficient (Wildman–Crippen LogP) is 2.70. The third-order valence-corrected chi connectivity index (χ3v) is 7.65. The zero-order valence-electron chi connectivity index (χ0n) is 23.3. The maximum absolute atomic E-state index is 14.9. The molecule has 2 aliphatic rings. The number of pyridine rings is 1. The van der Waals surface area contributed by atoms with Gasteiger partial charge in [-0.3, -0.25) is 14.5 Å². The number of halogens is 6. The van der Waals surface area contributed by atoms with E-state index in [1.165, 1.54) is 35.1 Å². The number of rotatable bonds is 7. The van der Waals surface area contributed by atoms with Crippen LogP contribution in [0.25, 0.3) is 16.8 Å². The fourth-order valence-corrected chi connectivity index (χ4v) is 5.18. The minimum atomic E-state index is -4.85. The summed E-state index contributed by atoms with van der Waals surface area (Å²) >= 11 is 0. The number of carbonyl (C=O) groups excluding carboxylic acids is 2. The normalized spacial score (nSPS) is 20.7. The maximum Gasteiger partial charge on any atom is 0.402 e. The highest BCUT2D eigenvalue weighted by molar-refractivity contribution is 5.98. The maximum atomic E-state index is 14.9. The summed E-state index contributed by atoms with van der Waals surface area (Å²) in [5.41, 5.74) is 4.89. The third-order valence-electron chi connectivity index (χ3n) is 7.65. The lowest BCUT2D eigenvalue weighted by atomic mass is 9.91. The Hall–Kier alpha value is -4.15. The lowest BCUT2D eigenvalue weighted by Crippen LogP contribution is -2.55. The summed E-state index contributed by atoms with van der Waals surface area (Å²) in [7, 11) is 1.26. The molecule has 2 fully saturated rings. The molecular weight excluding hydrogens is 586 g/mol. The Morgan fingerprint density at radius 3 is 2.49 bits per heavy atom. The molecule has 232 valence electrons. The number of hydrogen-bond acceptors (Lipinski definition) is 8. The van der Waals surface area contributed by atoms with E-state index in [9.17, 15) is 35.9 Å². The second kappa shape index (κ2) is 10.5. The minimum Gasteiger partial charge on any atom is -0.480 e. The molecule has 0 aliphatic carbocycles. The summed E-state index contributed by atoms with van der Waals surface area (Å²) in [5, 5.41) is 6.66. The van der Waals surface area contributed by atoms with Gasteiger partial charge >= 0.3 is 6.18 Å². The summed E-state index contributed by atoms with van der Waals surface area (Å²) in [4.78, 5) is 36.3. The Kier molecular flexibility index (Phi) is 7.43. The van der Waals surface area contributed by atoms with Gasteiger partial charge in [0.15, 0.2) is 5.82 Å². The first-order valence-corrected chi connectivity index (χ1v) is 13.1. The molecule has 43 heavy (non-hydrogen) atoms. The van der Waals surface area contributed by atoms with E-state index in [4.69, 9.17) is 10.5 Å². The van der Waals surface area contributed by atoms with Crippen molar-refractivity contribution in [1.82, 2.24) is 34.7 Å². The molecule has 0 unspecified atom stereocenters. The zero-order valence-corrected chi connectivity index (χ0v) is 23.3. The van der Waals surface area contributed by atoms with Gasteiger partial charge < -0.3 is 20.7 Å². The summed E-state index contributed by atoms with van der Waals surface area (Å²) in [6.45, 7) is -0.381. The van der Waals surface area contributed by atoms with Crippen molar-refractivity contribution in [3.05, 3.63) is 35.8 Å². The van der Waals surface area contributed by atoms with Crippen molar-refractivity contribution in [1.29, 1.82) is 0 Å². The zero-order chi connectivity index (χ0) is 31.5. The highest BCUT2D eigenvalue weighted by atomic mass is 19.4. The quantitative estimate of drug-likeness (QED) is 0.389. The molecule has 17 heteroatoms. The van der Waals surface area contributed by atoms with E-state index in [0.717, 1.165) is 4.90 Å². The molecule has 0 radical (unpaired) electrons. The summed E-state index contributed by atoms with van der Waals surface area (Å²) < 4.78 is 88.5. The van der Waals surface area contributed by atoms with Crippen molar-refractivity contribution in [2.24, 2.45) is 5.41 Å². The number of hydrogen-bond donors (Lipinski definition) is 2. The van der Waals surface area contributed by atoms with Gasteiger partial charge in [-0.2, -0.15) is 18.3 Å². The van der Waals surface area contributed by atoms with E-state index in [2.05, 4.69) is 20.4 Å². The Labute approximate surface area is 241 Å². The monoisotopic (exact) mass is 614 g/mol. The molecule has 0 spiro atoms. The van der Waals surface area contributed by atoms with Crippen LogP contribution in [0.15, 0.2) is 24.7 Å². The number of methoxy groups -OCH3 is 1. The standard InChI is InChI=1S/C26H28F6N8O3/c1-24(2,26(30,31)32)23(42)39-8-16(27)17(9-39)37-21(41)15-4-13(6-34-22(15)43-3)18-5-14(7-38-10-25(28,29)11-38)19-20(33)35-12-36-40(18)19/h4-6,12,16-17H,7-11H2,1-3H3,(H,37,41)(H2,33,35,36)/t16-,17+/m0/s1. The predicted molar refractivity (Wildman–Crippen MR) is 140 cm³/mol. The van der Waals surface area contributed by atoms with Crippen molar-refractivity contribution in [2.45, 2.75) is 44.7 Å². The number of aromatic nitrogens is 4. The Bertz CT molecular complexity index is 1570. The average molecular weight is 615 g/mol. The first-order chi connectivity index (χ1) is 20.0. The molecule has 3 N–H and O–H groups in total. The van der Waals surface area contributed by atoms with Crippen molar-refractivity contribution in [2.75, 3.05) is 39.0 Å². The van der Waals surface area contributed by atoms with Gasteiger partial charge in [-0.15, -0.1) is 0 Å². The first kappa shape index (κ1) is 30.3. The molecule has 3 aromatic heterocycles. The summed E-state index contributed by atoms with van der Waals surface area (Å²) in [6, 6.07) is 1.75. The van der Waals surface area contributed by atoms with Crippen LogP contribution in [0.1, 0.15) is 29.8 Å². The van der Waals surface area contributed by atoms with Gasteiger partial charge in [0, 0.05) is 24.8 Å². The summed E-state index contributed by atoms with van der Waals surface area (Å²) in [5.74, 6) is -4.95. The number of nitrogens with two attached hydrogens (primary N) is 1. The van der Waals surface area contributed by atoms with E-state index in [-0.39, 0.29) is 23.8 Å². The Morgan fingerprint density at radius 1 is 1.16 bits per heavy atom. The van der Waals surface area contributed by atoms with E-state index >= 15 is 0 Å². The lowest BCUT2D eigenvalue weighted by Gasteiger charge is -2.38. The molecule has 2 atom stereocenters. The summed E-state index contributed by atoms with van der Waals surface area (Å²) in [6.07, 6.45) is -4.10. The number of alkyl halides is 6. The fraction of sp³-hybridized carbons (Fsp3) is 0.500. The van der Waals surface area contributed by atoms with Crippen LogP contribution in [0.4, 0.5) is 32.2 Å². The minimum absolute atomic E-state index is 0.103. The van der Waals surface area contributed by atoms with Crippen LogP contribution in [0, 0.1) is 5.41 Å². The van der Waals surface area contributed by atoms with Crippen LogP contribution in [-0.2, 0) is 11.3 Å². The number of carbonyl (C=O) groups is 2. The number of ether oxygens (including phenoxy) is 1. The topological polar surface area (TPSA) is 131 Å². The average Bonchev–Trinajstić information content (AvgIpc) is 3.47. The molecule has 2 aliphatic heterocycles. The largest absolute Gasteiger partial charge is 0.480 e. The number of fused-ring (bicyclic) bond motifs is 1. The molecule has 2 saturated heterocycles.